The number of nitrogens with one attached hydrogen (secondary N) is 1. The van der Waals surface area contributed by atoms with Gasteiger partial charge in [0.25, 0.3) is 0 Å². The molecule has 2 heterocycles. The van der Waals surface area contributed by atoms with E-state index in [2.05, 4.69) is 47.5 Å². The van der Waals surface area contributed by atoms with Gasteiger partial charge in [0.2, 0.25) is 11.7 Å². The molecule has 0 radical (unpaired) electrons. The minimum atomic E-state index is 0.186. The predicted octanol–water partition coefficient (Wildman–Crippen LogP) is 2.73. The van der Waals surface area contributed by atoms with Crippen LogP contribution in [0.25, 0.3) is 11.4 Å². The van der Waals surface area contributed by atoms with Crippen molar-refractivity contribution < 1.29 is 4.52 Å². The molecule has 1 fully saturated rings. The fourth-order valence-electron chi connectivity index (χ4n) is 2.27. The molecule has 1 unspecified atom stereocenters. The highest BCUT2D eigenvalue weighted by molar-refractivity contribution is 7.99. The molecule has 5 heteroatoms. The first-order valence-electron chi connectivity index (χ1n) is 6.46. The summed E-state index contributed by atoms with van der Waals surface area (Å²) in [6.07, 6.45) is 0. The van der Waals surface area contributed by atoms with Gasteiger partial charge in [-0.15, -0.1) is 0 Å². The van der Waals surface area contributed by atoms with Crippen molar-refractivity contribution in [1.29, 1.82) is 0 Å². The van der Waals surface area contributed by atoms with Gasteiger partial charge in [-0.3, -0.25) is 0 Å². The second-order valence-corrected chi connectivity index (χ2v) is 6.01. The zero-order valence-electron chi connectivity index (χ0n) is 11.1. The Balaban J connectivity index is 1.87. The van der Waals surface area contributed by atoms with Gasteiger partial charge in [-0.1, -0.05) is 28.9 Å². The smallest absolute Gasteiger partial charge is 0.244 e. The van der Waals surface area contributed by atoms with Crippen molar-refractivity contribution in [1.82, 2.24) is 15.5 Å². The van der Waals surface area contributed by atoms with Gasteiger partial charge >= 0.3 is 0 Å². The molecule has 0 amide bonds. The van der Waals surface area contributed by atoms with E-state index in [9.17, 15) is 0 Å². The third-order valence-corrected chi connectivity index (χ3v) is 4.35. The zero-order valence-corrected chi connectivity index (χ0v) is 12.0. The molecule has 1 aromatic carbocycles. The standard InChI is InChI=1S/C14H17N3OS/c1-9-3-4-11(10(2)7-9)13-16-14(18-17-13)12-8-19-6-5-15-12/h3-4,7,12,15H,5-6,8H2,1-2H3. The van der Waals surface area contributed by atoms with Crippen LogP contribution in [-0.4, -0.2) is 28.2 Å². The van der Waals surface area contributed by atoms with Gasteiger partial charge in [-0.2, -0.15) is 16.7 Å². The molecule has 0 saturated carbocycles. The average Bonchev–Trinajstić information content (AvgIpc) is 2.89. The maximum Gasteiger partial charge on any atom is 0.244 e. The van der Waals surface area contributed by atoms with Crippen molar-refractivity contribution in [3.05, 3.63) is 35.2 Å². The second-order valence-electron chi connectivity index (χ2n) is 4.86. The highest BCUT2D eigenvalue weighted by Gasteiger charge is 2.22. The highest BCUT2D eigenvalue weighted by Crippen LogP contribution is 2.25. The summed E-state index contributed by atoms with van der Waals surface area (Å²) < 4.78 is 5.41. The minimum absolute atomic E-state index is 0.186. The summed E-state index contributed by atoms with van der Waals surface area (Å²) in [5, 5.41) is 7.52. The first-order valence-corrected chi connectivity index (χ1v) is 7.62. The summed E-state index contributed by atoms with van der Waals surface area (Å²) >= 11 is 1.92. The molecule has 1 aliphatic rings. The molecule has 4 nitrogen and oxygen atoms in total. The Morgan fingerprint density at radius 2 is 2.26 bits per heavy atom. The largest absolute Gasteiger partial charge is 0.337 e. The van der Waals surface area contributed by atoms with E-state index >= 15 is 0 Å². The molecule has 1 saturated heterocycles. The minimum Gasteiger partial charge on any atom is -0.337 e. The van der Waals surface area contributed by atoms with Crippen LogP contribution < -0.4 is 5.32 Å². The molecule has 0 bridgehead atoms. The van der Waals surface area contributed by atoms with Crippen LogP contribution in [0.15, 0.2) is 22.7 Å². The normalized spacial score (nSPS) is 19.6. The van der Waals surface area contributed by atoms with Crippen LogP contribution in [0.4, 0.5) is 0 Å². The summed E-state index contributed by atoms with van der Waals surface area (Å²) in [5.74, 6) is 3.52. The van der Waals surface area contributed by atoms with Gasteiger partial charge in [-0.25, -0.2) is 0 Å². The Labute approximate surface area is 117 Å². The average molecular weight is 275 g/mol. The maximum absolute atomic E-state index is 5.41. The lowest BCUT2D eigenvalue weighted by atomic mass is 10.1. The van der Waals surface area contributed by atoms with E-state index in [0.29, 0.717) is 11.7 Å². The highest BCUT2D eigenvalue weighted by atomic mass is 32.2. The van der Waals surface area contributed by atoms with Crippen LogP contribution in [0.5, 0.6) is 0 Å². The van der Waals surface area contributed by atoms with E-state index in [1.54, 1.807) is 0 Å². The van der Waals surface area contributed by atoms with Crippen molar-refractivity contribution >= 4 is 11.8 Å². The topological polar surface area (TPSA) is 51.0 Å². The van der Waals surface area contributed by atoms with Gasteiger partial charge < -0.3 is 9.84 Å². The lowest BCUT2D eigenvalue weighted by molar-refractivity contribution is 0.342. The van der Waals surface area contributed by atoms with Crippen molar-refractivity contribution in [2.75, 3.05) is 18.1 Å². The van der Waals surface area contributed by atoms with E-state index in [0.717, 1.165) is 23.6 Å². The monoisotopic (exact) mass is 275 g/mol. The van der Waals surface area contributed by atoms with Crippen LogP contribution in [0, 0.1) is 13.8 Å². The van der Waals surface area contributed by atoms with Gasteiger partial charge in [0.1, 0.15) is 0 Å². The molecular formula is C14H17N3OS. The van der Waals surface area contributed by atoms with E-state index in [-0.39, 0.29) is 6.04 Å². The number of nitrogens with zero attached hydrogens (tertiary/aromatic N) is 2. The lowest BCUT2D eigenvalue weighted by Crippen LogP contribution is -2.30. The number of thioether (sulfide) groups is 1. The summed E-state index contributed by atoms with van der Waals surface area (Å²) in [6.45, 7) is 5.16. The van der Waals surface area contributed by atoms with Crippen LogP contribution in [0.3, 0.4) is 0 Å². The molecule has 100 valence electrons. The number of rotatable bonds is 2. The fraction of sp³-hybridized carbons (Fsp3) is 0.429. The molecule has 19 heavy (non-hydrogen) atoms. The van der Waals surface area contributed by atoms with Gasteiger partial charge in [0.05, 0.1) is 6.04 Å². The van der Waals surface area contributed by atoms with E-state index in [4.69, 9.17) is 4.52 Å². The molecule has 1 atom stereocenters. The maximum atomic E-state index is 5.41. The van der Waals surface area contributed by atoms with Crippen molar-refractivity contribution in [2.24, 2.45) is 0 Å². The molecular weight excluding hydrogens is 258 g/mol. The summed E-state index contributed by atoms with van der Waals surface area (Å²) in [4.78, 5) is 4.54. The molecule has 2 aromatic rings. The van der Waals surface area contributed by atoms with Gasteiger partial charge in [-0.05, 0) is 19.4 Å². The first kappa shape index (κ1) is 12.7. The number of benzene rings is 1. The number of hydrogen-bond acceptors (Lipinski definition) is 5. The summed E-state index contributed by atoms with van der Waals surface area (Å²) in [7, 11) is 0. The Morgan fingerprint density at radius 3 is 3.00 bits per heavy atom. The van der Waals surface area contributed by atoms with E-state index in [1.165, 1.54) is 11.1 Å². The third-order valence-electron chi connectivity index (χ3n) is 3.28. The number of aryl methyl sites for hydroxylation is 2. The van der Waals surface area contributed by atoms with Gasteiger partial charge in [0.15, 0.2) is 0 Å². The summed E-state index contributed by atoms with van der Waals surface area (Å²) in [5.41, 5.74) is 3.47. The summed E-state index contributed by atoms with van der Waals surface area (Å²) in [6, 6.07) is 6.46. The van der Waals surface area contributed by atoms with Crippen LogP contribution in [0.2, 0.25) is 0 Å². The molecule has 1 aliphatic heterocycles. The molecule has 0 spiro atoms. The van der Waals surface area contributed by atoms with Crippen molar-refractivity contribution in [3.8, 4) is 11.4 Å². The first-order chi connectivity index (χ1) is 9.24. The number of hydrogen-bond donors (Lipinski definition) is 1. The predicted molar refractivity (Wildman–Crippen MR) is 77.3 cm³/mol. The van der Waals surface area contributed by atoms with Crippen molar-refractivity contribution in [3.63, 3.8) is 0 Å². The Kier molecular flexibility index (Phi) is 3.57. The van der Waals surface area contributed by atoms with Crippen LogP contribution in [0.1, 0.15) is 23.1 Å². The second kappa shape index (κ2) is 5.35. The number of aromatic nitrogens is 2. The lowest BCUT2D eigenvalue weighted by Gasteiger charge is -2.19. The van der Waals surface area contributed by atoms with Crippen LogP contribution >= 0.6 is 11.8 Å². The Bertz CT molecular complexity index is 576. The van der Waals surface area contributed by atoms with E-state index < -0.39 is 0 Å². The Morgan fingerprint density at radius 1 is 1.37 bits per heavy atom. The third kappa shape index (κ3) is 2.67. The molecule has 1 N–H and O–H groups in total. The van der Waals surface area contributed by atoms with Gasteiger partial charge in [0, 0.05) is 23.6 Å². The van der Waals surface area contributed by atoms with E-state index in [1.807, 2.05) is 11.8 Å². The Hall–Kier alpha value is -1.33. The fourth-order valence-corrected chi connectivity index (χ4v) is 3.20. The molecule has 3 rings (SSSR count). The zero-order chi connectivity index (χ0) is 13.2. The SMILES string of the molecule is Cc1ccc(-c2noc(C3CSCCN3)n2)c(C)c1. The van der Waals surface area contributed by atoms with Crippen LogP contribution in [-0.2, 0) is 0 Å². The quantitative estimate of drug-likeness (QED) is 0.913. The molecule has 0 aliphatic carbocycles. The molecule has 1 aromatic heterocycles. The van der Waals surface area contributed by atoms with Crippen molar-refractivity contribution in [2.45, 2.75) is 19.9 Å².